The Bertz CT molecular complexity index is 1550. The predicted molar refractivity (Wildman–Crippen MR) is 177 cm³/mol. The molecule has 256 valence electrons. The topological polar surface area (TPSA) is 157 Å². The molecule has 0 aromatic heterocycles. The zero-order chi connectivity index (χ0) is 35.1. The number of carbonyl (C=O) groups is 5. The van der Waals surface area contributed by atoms with Crippen molar-refractivity contribution in [2.24, 2.45) is 5.92 Å². The molecule has 0 aliphatic rings. The van der Waals surface area contributed by atoms with Crippen LogP contribution in [0.15, 0.2) is 72.8 Å². The largest absolute Gasteiger partial charge is 0.489 e. The van der Waals surface area contributed by atoms with Gasteiger partial charge in [-0.25, -0.2) is 9.18 Å². The van der Waals surface area contributed by atoms with Crippen molar-refractivity contribution >= 4 is 41.3 Å². The fourth-order valence-corrected chi connectivity index (χ4v) is 5.36. The molecule has 3 N–H and O–H groups in total. The molecule has 3 aromatic carbocycles. The normalized spacial score (nSPS) is 12.0. The highest BCUT2D eigenvalue weighted by molar-refractivity contribution is 7.99. The number of hydrogen-bond donors (Lipinski definition) is 3. The number of thioether (sulfide) groups is 1. The van der Waals surface area contributed by atoms with Gasteiger partial charge in [0.2, 0.25) is 11.8 Å². The van der Waals surface area contributed by atoms with E-state index in [9.17, 15) is 33.5 Å². The summed E-state index contributed by atoms with van der Waals surface area (Å²) in [6, 6.07) is 17.4. The minimum Gasteiger partial charge on any atom is -0.489 e. The van der Waals surface area contributed by atoms with Crippen molar-refractivity contribution in [3.63, 3.8) is 0 Å². The van der Waals surface area contributed by atoms with Crippen molar-refractivity contribution < 1.29 is 47.7 Å². The van der Waals surface area contributed by atoms with Gasteiger partial charge in [0.1, 0.15) is 30.0 Å². The maximum absolute atomic E-state index is 13.4. The van der Waals surface area contributed by atoms with Gasteiger partial charge in [0.25, 0.3) is 0 Å². The van der Waals surface area contributed by atoms with E-state index in [1.165, 1.54) is 37.1 Å². The predicted octanol–water partition coefficient (Wildman–Crippen LogP) is 4.10. The number of nitrogens with one attached hydrogen (secondary N) is 2. The van der Waals surface area contributed by atoms with Gasteiger partial charge >= 0.3 is 11.9 Å². The van der Waals surface area contributed by atoms with Gasteiger partial charge < -0.3 is 30.0 Å². The van der Waals surface area contributed by atoms with Crippen molar-refractivity contribution in [1.82, 2.24) is 10.6 Å². The van der Waals surface area contributed by atoms with E-state index in [2.05, 4.69) is 15.4 Å². The van der Waals surface area contributed by atoms with E-state index < -0.39 is 59.8 Å². The third-order valence-electron chi connectivity index (χ3n) is 6.98. The first-order valence-electron chi connectivity index (χ1n) is 15.1. The lowest BCUT2D eigenvalue weighted by Crippen LogP contribution is -2.54. The number of carboxylic acids is 1. The minimum atomic E-state index is -1.29. The number of carboxylic acid groups (broad SMARTS) is 1. The molecule has 0 aliphatic carbocycles. The third kappa shape index (κ3) is 12.7. The van der Waals surface area contributed by atoms with Crippen molar-refractivity contribution in [1.29, 1.82) is 0 Å². The Morgan fingerprint density at radius 1 is 0.896 bits per heavy atom. The Kier molecular flexibility index (Phi) is 14.9. The Balaban J connectivity index is 1.70. The second-order valence-corrected chi connectivity index (χ2v) is 12.1. The van der Waals surface area contributed by atoms with Crippen LogP contribution in [-0.2, 0) is 47.5 Å². The molecular weight excluding hydrogens is 643 g/mol. The van der Waals surface area contributed by atoms with Gasteiger partial charge in [0.15, 0.2) is 12.4 Å². The molecule has 2 atom stereocenters. The average molecular weight is 683 g/mol. The first-order valence-corrected chi connectivity index (χ1v) is 16.3. The summed E-state index contributed by atoms with van der Waals surface area (Å²) in [5.74, 6) is -3.31. The second-order valence-electron chi connectivity index (χ2n) is 11.1. The first-order chi connectivity index (χ1) is 22.9. The SMILES string of the molecule is COC(=O)COc1ccc(OCc2ccc(F)cc2)c(CC(=O)N[C@H](C(=O)N[C@@H](CC(=O)O)C(=O)CSCc2ccccc2)C(C)C)c1. The maximum Gasteiger partial charge on any atom is 0.343 e. The van der Waals surface area contributed by atoms with Gasteiger partial charge in [-0.2, -0.15) is 0 Å². The van der Waals surface area contributed by atoms with E-state index in [-0.39, 0.29) is 31.1 Å². The fourth-order valence-electron chi connectivity index (χ4n) is 4.43. The van der Waals surface area contributed by atoms with Crippen LogP contribution in [0.25, 0.3) is 0 Å². The van der Waals surface area contributed by atoms with Gasteiger partial charge in [-0.3, -0.25) is 19.2 Å². The number of Topliss-reactive ketones (excluding diaryl/α,β-unsaturated/α-hetero) is 1. The second kappa shape index (κ2) is 19.0. The number of aliphatic carboxylic acids is 1. The van der Waals surface area contributed by atoms with Crippen LogP contribution in [0, 0.1) is 11.7 Å². The smallest absolute Gasteiger partial charge is 0.343 e. The number of carbonyl (C=O) groups excluding carboxylic acids is 4. The lowest BCUT2D eigenvalue weighted by Gasteiger charge is -2.25. The third-order valence-corrected chi connectivity index (χ3v) is 8.01. The number of halogens is 1. The van der Waals surface area contributed by atoms with Crippen LogP contribution < -0.4 is 20.1 Å². The molecule has 0 saturated carbocycles. The standard InChI is InChI=1S/C35H39FN2O9S/c1-22(2)34(35(44)37-28(17-32(41)42)29(39)21-48-20-24-7-5-4-6-8-24)38-31(40)16-25-15-27(46-19-33(43)45-3)13-14-30(25)47-18-23-9-11-26(36)12-10-23/h4-15,22,28,34H,16-21H2,1-3H3,(H,37,44)(H,38,40)(H,41,42)/t28-,34-/m0/s1. The molecule has 0 heterocycles. The lowest BCUT2D eigenvalue weighted by molar-refractivity contribution is -0.143. The number of ketones is 1. The summed E-state index contributed by atoms with van der Waals surface area (Å²) in [7, 11) is 1.22. The molecule has 0 fully saturated rings. The van der Waals surface area contributed by atoms with Crippen LogP contribution in [-0.4, -0.2) is 66.2 Å². The molecule has 0 aliphatic heterocycles. The van der Waals surface area contributed by atoms with Crippen molar-refractivity contribution in [2.75, 3.05) is 19.5 Å². The highest BCUT2D eigenvalue weighted by atomic mass is 32.2. The molecule has 0 spiro atoms. The van der Waals surface area contributed by atoms with Gasteiger partial charge in [-0.15, -0.1) is 11.8 Å². The number of amides is 2. The maximum atomic E-state index is 13.4. The summed E-state index contributed by atoms with van der Waals surface area (Å²) < 4.78 is 29.3. The summed E-state index contributed by atoms with van der Waals surface area (Å²) >= 11 is 1.31. The molecule has 48 heavy (non-hydrogen) atoms. The van der Waals surface area contributed by atoms with Crippen LogP contribution in [0.2, 0.25) is 0 Å². The molecule has 3 aromatic rings. The highest BCUT2D eigenvalue weighted by Crippen LogP contribution is 2.26. The van der Waals surface area contributed by atoms with E-state index in [1.807, 2.05) is 30.3 Å². The average Bonchev–Trinajstić information content (AvgIpc) is 3.06. The van der Waals surface area contributed by atoms with E-state index in [0.717, 1.165) is 5.56 Å². The zero-order valence-electron chi connectivity index (χ0n) is 26.9. The van der Waals surface area contributed by atoms with Crippen molar-refractivity contribution in [3.8, 4) is 11.5 Å². The molecule has 13 heteroatoms. The first kappa shape index (κ1) is 37.5. The number of hydrogen-bond acceptors (Lipinski definition) is 9. The Labute approximate surface area is 282 Å². The van der Waals surface area contributed by atoms with Gasteiger partial charge in [-0.05, 0) is 47.4 Å². The number of benzene rings is 3. The molecule has 3 rings (SSSR count). The van der Waals surface area contributed by atoms with E-state index in [4.69, 9.17) is 9.47 Å². The number of ether oxygens (including phenoxy) is 3. The Morgan fingerprint density at radius 3 is 2.25 bits per heavy atom. The number of rotatable bonds is 19. The molecular formula is C35H39FN2O9S. The molecule has 0 unspecified atom stereocenters. The summed E-state index contributed by atoms with van der Waals surface area (Å²) in [6.07, 6.45) is -0.874. The van der Waals surface area contributed by atoms with Crippen LogP contribution >= 0.6 is 11.8 Å². The highest BCUT2D eigenvalue weighted by Gasteiger charge is 2.30. The van der Waals surface area contributed by atoms with Crippen molar-refractivity contribution in [3.05, 3.63) is 95.3 Å². The number of esters is 1. The molecule has 0 radical (unpaired) electrons. The van der Waals surface area contributed by atoms with E-state index >= 15 is 0 Å². The van der Waals surface area contributed by atoms with Crippen LogP contribution in [0.1, 0.15) is 37.0 Å². The summed E-state index contributed by atoms with van der Waals surface area (Å²) in [5, 5.41) is 14.6. The van der Waals surface area contributed by atoms with Gasteiger partial charge in [0, 0.05) is 11.3 Å². The Morgan fingerprint density at radius 2 is 1.60 bits per heavy atom. The Hall–Kier alpha value is -4.91. The summed E-state index contributed by atoms with van der Waals surface area (Å²) in [4.78, 5) is 62.8. The van der Waals surface area contributed by atoms with Gasteiger partial charge in [-0.1, -0.05) is 56.3 Å². The van der Waals surface area contributed by atoms with Crippen LogP contribution in [0.3, 0.4) is 0 Å². The molecule has 0 bridgehead atoms. The van der Waals surface area contributed by atoms with E-state index in [0.29, 0.717) is 22.6 Å². The summed E-state index contributed by atoms with van der Waals surface area (Å²) in [5.41, 5.74) is 2.05. The monoisotopic (exact) mass is 682 g/mol. The zero-order valence-corrected chi connectivity index (χ0v) is 27.7. The quantitative estimate of drug-likeness (QED) is 0.157. The van der Waals surface area contributed by atoms with E-state index in [1.54, 1.807) is 38.1 Å². The number of methoxy groups -OCH3 is 1. The van der Waals surface area contributed by atoms with Crippen molar-refractivity contribution in [2.45, 2.75) is 51.1 Å². The molecule has 2 amide bonds. The van der Waals surface area contributed by atoms with Gasteiger partial charge in [0.05, 0.1) is 31.7 Å². The molecule has 11 nitrogen and oxygen atoms in total. The van der Waals surface area contributed by atoms with Crippen LogP contribution in [0.5, 0.6) is 11.5 Å². The summed E-state index contributed by atoms with van der Waals surface area (Å²) in [6.45, 7) is 3.10. The van der Waals surface area contributed by atoms with Crippen LogP contribution in [0.4, 0.5) is 4.39 Å². The molecule has 0 saturated heterocycles. The fraction of sp³-hybridized carbons (Fsp3) is 0.343. The minimum absolute atomic E-state index is 0.0130. The lowest BCUT2D eigenvalue weighted by atomic mass is 10.0.